The maximum Gasteiger partial charge on any atom is 0.308 e. The molecule has 0 radical (unpaired) electrons. The molecule has 0 spiro atoms. The summed E-state index contributed by atoms with van der Waals surface area (Å²) in [4.78, 5) is 13.0. The topological polar surface area (TPSA) is 116 Å². The van der Waals surface area contributed by atoms with Crippen LogP contribution in [0.25, 0.3) is 0 Å². The molecule has 7 nitrogen and oxygen atoms in total. The fraction of sp³-hybridized carbons (Fsp3) is 0.333. The first-order valence-electron chi connectivity index (χ1n) is 3.55. The van der Waals surface area contributed by atoms with Crippen LogP contribution in [0.1, 0.15) is 6.92 Å². The minimum Gasteiger partial charge on any atom is -0.381 e. The summed E-state index contributed by atoms with van der Waals surface area (Å²) in [7, 11) is -2.66. The van der Waals surface area contributed by atoms with E-state index >= 15 is 0 Å². The highest BCUT2D eigenvalue weighted by Crippen LogP contribution is 2.10. The molecular weight excluding hydrogens is 210 g/mol. The van der Waals surface area contributed by atoms with Gasteiger partial charge in [0, 0.05) is 11.1 Å². The van der Waals surface area contributed by atoms with Crippen LogP contribution in [0, 0.1) is 10.1 Å². The summed E-state index contributed by atoms with van der Waals surface area (Å²) < 4.78 is 21.5. The Balaban J connectivity index is 3.43. The van der Waals surface area contributed by atoms with Gasteiger partial charge in [-0.15, -0.1) is 0 Å². The quantitative estimate of drug-likeness (QED) is 0.342. The minimum atomic E-state index is -2.66. The monoisotopic (exact) mass is 217 g/mol. The molecule has 0 aromatic rings. The highest BCUT2D eigenvalue weighted by atomic mass is 32.2. The Morgan fingerprint density at radius 2 is 2.21 bits per heavy atom. The molecule has 0 saturated heterocycles. The van der Waals surface area contributed by atoms with Gasteiger partial charge in [0.05, 0.1) is 0 Å². The second-order valence-electron chi connectivity index (χ2n) is 2.65. The molecule has 0 saturated carbocycles. The van der Waals surface area contributed by atoms with E-state index in [0.29, 0.717) is 0 Å². The number of nitrogens with zero attached hydrogens (tertiary/aromatic N) is 2. The average Bonchev–Trinajstić information content (AvgIpc) is 2.07. The number of amidine groups is 1. The van der Waals surface area contributed by atoms with Gasteiger partial charge in [0.1, 0.15) is 0 Å². The molecule has 1 aliphatic rings. The number of hydrogen-bond donors (Lipinski definition) is 1. The van der Waals surface area contributed by atoms with Gasteiger partial charge in [0.25, 0.3) is 0 Å². The molecule has 1 rings (SSSR count). The maximum atomic E-state index is 10.7. The van der Waals surface area contributed by atoms with Gasteiger partial charge in [-0.2, -0.15) is 8.42 Å². The van der Waals surface area contributed by atoms with Crippen molar-refractivity contribution in [2.75, 3.05) is 0 Å². The third-order valence-corrected chi connectivity index (χ3v) is 2.62. The minimum absolute atomic E-state index is 0.231. The van der Waals surface area contributed by atoms with E-state index in [1.165, 1.54) is 13.1 Å². The van der Waals surface area contributed by atoms with Crippen molar-refractivity contribution < 1.29 is 13.3 Å². The van der Waals surface area contributed by atoms with E-state index in [1.807, 2.05) is 0 Å². The highest BCUT2D eigenvalue weighted by molar-refractivity contribution is 7.73. The molecule has 0 amide bonds. The van der Waals surface area contributed by atoms with E-state index in [-0.39, 0.29) is 16.3 Å². The van der Waals surface area contributed by atoms with Gasteiger partial charge in [-0.25, -0.2) is 4.99 Å². The fourth-order valence-corrected chi connectivity index (χ4v) is 1.79. The van der Waals surface area contributed by atoms with Crippen molar-refractivity contribution >= 4 is 21.0 Å². The highest BCUT2D eigenvalue weighted by Gasteiger charge is 2.36. The third-order valence-electron chi connectivity index (χ3n) is 1.71. The largest absolute Gasteiger partial charge is 0.381 e. The molecule has 8 heteroatoms. The lowest BCUT2D eigenvalue weighted by Gasteiger charge is -2.12. The zero-order valence-electron chi connectivity index (χ0n) is 7.17. The van der Waals surface area contributed by atoms with Crippen molar-refractivity contribution in [2.45, 2.75) is 13.0 Å². The van der Waals surface area contributed by atoms with E-state index < -0.39 is 21.3 Å². The second-order valence-corrected chi connectivity index (χ2v) is 3.56. The van der Waals surface area contributed by atoms with Gasteiger partial charge in [-0.3, -0.25) is 10.1 Å². The van der Waals surface area contributed by atoms with Gasteiger partial charge in [-0.05, 0) is 12.5 Å². The Kier molecular flexibility index (Phi) is 2.65. The van der Waals surface area contributed by atoms with Crippen LogP contribution in [-0.2, 0) is 10.3 Å². The van der Waals surface area contributed by atoms with Crippen LogP contribution >= 0.6 is 0 Å². The predicted octanol–water partition coefficient (Wildman–Crippen LogP) is -1.04. The van der Waals surface area contributed by atoms with Crippen molar-refractivity contribution in [3.05, 3.63) is 21.9 Å². The molecule has 76 valence electrons. The van der Waals surface area contributed by atoms with Gasteiger partial charge < -0.3 is 5.73 Å². The van der Waals surface area contributed by atoms with Crippen LogP contribution < -0.4 is 5.73 Å². The standard InChI is InChI=1S/C6H7N3O4S/c1-3-2-8-6(7)4(9(10)11)5(3)14(12)13/h2,4H,1H3,(H2,7,8). The zero-order valence-corrected chi connectivity index (χ0v) is 7.98. The van der Waals surface area contributed by atoms with Crippen molar-refractivity contribution in [1.29, 1.82) is 0 Å². The molecule has 1 heterocycles. The van der Waals surface area contributed by atoms with Crippen LogP contribution in [0.3, 0.4) is 0 Å². The fourth-order valence-electron chi connectivity index (χ4n) is 1.08. The molecule has 0 aliphatic carbocycles. The average molecular weight is 217 g/mol. The molecule has 0 fully saturated rings. The van der Waals surface area contributed by atoms with Crippen LogP contribution in [0.5, 0.6) is 0 Å². The van der Waals surface area contributed by atoms with Gasteiger partial charge >= 0.3 is 6.04 Å². The molecule has 1 atom stereocenters. The molecular formula is C6H7N3O4S. The molecule has 0 aromatic heterocycles. The number of aliphatic imine (C=N–C) groups is 1. The second kappa shape index (κ2) is 3.58. The summed E-state index contributed by atoms with van der Waals surface area (Å²) in [6, 6.07) is -1.56. The molecule has 1 aliphatic heterocycles. The normalized spacial score (nSPS) is 21.2. The summed E-state index contributed by atoms with van der Waals surface area (Å²) in [5.41, 5.74) is 5.47. The molecule has 2 N–H and O–H groups in total. The molecule has 0 aromatic carbocycles. The Labute approximate surface area is 80.6 Å². The lowest BCUT2D eigenvalue weighted by Crippen LogP contribution is -2.44. The first kappa shape index (κ1) is 10.4. The first-order valence-corrected chi connectivity index (χ1v) is 4.62. The number of hydrogen-bond acceptors (Lipinski definition) is 6. The van der Waals surface area contributed by atoms with Crippen molar-refractivity contribution in [3.8, 4) is 0 Å². The lowest BCUT2D eigenvalue weighted by molar-refractivity contribution is -0.484. The summed E-state index contributed by atoms with van der Waals surface area (Å²) >= 11 is 0. The van der Waals surface area contributed by atoms with Gasteiger partial charge in [0.15, 0.2) is 10.7 Å². The van der Waals surface area contributed by atoms with E-state index in [9.17, 15) is 18.5 Å². The molecule has 1 unspecified atom stereocenters. The van der Waals surface area contributed by atoms with Crippen LogP contribution in [0.2, 0.25) is 0 Å². The van der Waals surface area contributed by atoms with Crippen molar-refractivity contribution in [3.63, 3.8) is 0 Å². The van der Waals surface area contributed by atoms with Crippen molar-refractivity contribution in [2.24, 2.45) is 10.7 Å². The summed E-state index contributed by atoms with van der Waals surface area (Å²) in [6.45, 7) is 1.43. The predicted molar refractivity (Wildman–Crippen MR) is 50.1 cm³/mol. The lowest BCUT2D eigenvalue weighted by atomic mass is 10.1. The van der Waals surface area contributed by atoms with E-state index in [1.54, 1.807) is 0 Å². The van der Waals surface area contributed by atoms with Crippen LogP contribution in [0.15, 0.2) is 16.8 Å². The SMILES string of the molecule is CC1=CN=C(N)C([N+](=O)[O-])C1=S(=O)=O. The number of nitrogens with two attached hydrogens (primary N) is 1. The first-order chi connectivity index (χ1) is 6.45. The third kappa shape index (κ3) is 1.64. The van der Waals surface area contributed by atoms with E-state index in [0.717, 1.165) is 0 Å². The Morgan fingerprint density at radius 3 is 2.57 bits per heavy atom. The smallest absolute Gasteiger partial charge is 0.308 e. The number of nitro groups is 1. The van der Waals surface area contributed by atoms with Crippen LogP contribution in [-0.4, -0.2) is 30.1 Å². The van der Waals surface area contributed by atoms with Gasteiger partial charge in [-0.1, -0.05) is 0 Å². The van der Waals surface area contributed by atoms with E-state index in [2.05, 4.69) is 4.99 Å². The maximum absolute atomic E-state index is 10.7. The Bertz CT molecular complexity index is 465. The Morgan fingerprint density at radius 1 is 1.64 bits per heavy atom. The Hall–Kier alpha value is -1.70. The van der Waals surface area contributed by atoms with Crippen molar-refractivity contribution in [1.82, 2.24) is 0 Å². The van der Waals surface area contributed by atoms with Crippen LogP contribution in [0.4, 0.5) is 0 Å². The number of rotatable bonds is 1. The summed E-state index contributed by atoms with van der Waals surface area (Å²) in [5.74, 6) is -0.320. The zero-order chi connectivity index (χ0) is 10.9. The van der Waals surface area contributed by atoms with Gasteiger partial charge in [0.2, 0.25) is 10.3 Å². The summed E-state index contributed by atoms with van der Waals surface area (Å²) in [5, 5.41) is 10.5. The molecule has 0 bridgehead atoms. The van der Waals surface area contributed by atoms with E-state index in [4.69, 9.17) is 5.73 Å². The summed E-state index contributed by atoms with van der Waals surface area (Å²) in [6.07, 6.45) is 1.19. The molecule has 14 heavy (non-hydrogen) atoms.